The van der Waals surface area contributed by atoms with E-state index in [0.717, 1.165) is 44.5 Å². The van der Waals surface area contributed by atoms with E-state index < -0.39 is 0 Å². The first-order valence-corrected chi connectivity index (χ1v) is 9.93. The van der Waals surface area contributed by atoms with Gasteiger partial charge in [0.05, 0.1) is 12.4 Å². The number of carbonyl (C=O) groups is 1. The number of carbonyl (C=O) groups excluding carboxylic acids is 1. The predicted octanol–water partition coefficient (Wildman–Crippen LogP) is 3.42. The van der Waals surface area contributed by atoms with Crippen molar-refractivity contribution >= 4 is 6.03 Å². The van der Waals surface area contributed by atoms with Gasteiger partial charge < -0.3 is 19.5 Å². The maximum atomic E-state index is 12.8. The van der Waals surface area contributed by atoms with Crippen molar-refractivity contribution in [2.45, 2.75) is 51.8 Å². The molecular weight excluding hydrogens is 340 g/mol. The van der Waals surface area contributed by atoms with Crippen molar-refractivity contribution < 1.29 is 9.53 Å². The van der Waals surface area contributed by atoms with Crippen LogP contribution in [0.3, 0.4) is 0 Å². The van der Waals surface area contributed by atoms with E-state index in [2.05, 4.69) is 29.4 Å². The molecule has 0 radical (unpaired) electrons. The molecule has 1 fully saturated rings. The van der Waals surface area contributed by atoms with Crippen molar-refractivity contribution in [3.8, 4) is 0 Å². The van der Waals surface area contributed by atoms with Gasteiger partial charge in [-0.2, -0.15) is 0 Å². The normalized spacial score (nSPS) is 16.9. The number of hydrogen-bond acceptors (Lipinski definition) is 3. The third-order valence-corrected chi connectivity index (χ3v) is 4.94. The minimum absolute atomic E-state index is 0.0107. The number of ether oxygens (including phenoxy) is 1. The Morgan fingerprint density at radius 1 is 1.33 bits per heavy atom. The molecule has 0 spiro atoms. The van der Waals surface area contributed by atoms with E-state index in [-0.39, 0.29) is 12.1 Å². The second-order valence-corrected chi connectivity index (χ2v) is 7.10. The number of nitrogens with zero attached hydrogens (tertiary/aromatic N) is 3. The first-order valence-electron chi connectivity index (χ1n) is 9.93. The molecule has 146 valence electrons. The number of benzene rings is 1. The molecule has 1 aromatic carbocycles. The molecule has 6 heteroatoms. The molecule has 3 rings (SSSR count). The van der Waals surface area contributed by atoms with Gasteiger partial charge in [0, 0.05) is 45.2 Å². The molecule has 1 atom stereocenters. The minimum Gasteiger partial charge on any atom is -0.376 e. The zero-order chi connectivity index (χ0) is 18.9. The van der Waals surface area contributed by atoms with Gasteiger partial charge in [0.2, 0.25) is 0 Å². The van der Waals surface area contributed by atoms with Crippen molar-refractivity contribution in [3.05, 3.63) is 54.1 Å². The highest BCUT2D eigenvalue weighted by Crippen LogP contribution is 2.15. The van der Waals surface area contributed by atoms with Crippen LogP contribution in [0.5, 0.6) is 0 Å². The molecule has 1 aromatic heterocycles. The van der Waals surface area contributed by atoms with Gasteiger partial charge in [0.1, 0.15) is 0 Å². The van der Waals surface area contributed by atoms with E-state index >= 15 is 0 Å². The molecule has 1 saturated heterocycles. The van der Waals surface area contributed by atoms with Crippen molar-refractivity contribution in [2.75, 3.05) is 19.7 Å². The van der Waals surface area contributed by atoms with Gasteiger partial charge in [-0.1, -0.05) is 31.2 Å². The number of nitrogens with one attached hydrogen (secondary N) is 1. The summed E-state index contributed by atoms with van der Waals surface area (Å²) in [5.74, 6) is 0. The zero-order valence-electron chi connectivity index (χ0n) is 16.1. The molecular formula is C21H30N4O2. The zero-order valence-corrected chi connectivity index (χ0v) is 16.1. The molecule has 0 saturated carbocycles. The summed E-state index contributed by atoms with van der Waals surface area (Å²) in [6.45, 7) is 5.62. The average Bonchev–Trinajstić information content (AvgIpc) is 3.21. The Kier molecular flexibility index (Phi) is 7.27. The van der Waals surface area contributed by atoms with E-state index in [4.69, 9.17) is 4.74 Å². The fraction of sp³-hybridized carbons (Fsp3) is 0.524. The van der Waals surface area contributed by atoms with Crippen molar-refractivity contribution in [1.82, 2.24) is 19.8 Å². The smallest absolute Gasteiger partial charge is 0.317 e. The first kappa shape index (κ1) is 19.4. The summed E-state index contributed by atoms with van der Waals surface area (Å²) in [6, 6.07) is 8.20. The van der Waals surface area contributed by atoms with Crippen LogP contribution in [0.4, 0.5) is 4.79 Å². The molecule has 6 nitrogen and oxygen atoms in total. The molecule has 1 aliphatic rings. The van der Waals surface area contributed by atoms with Crippen molar-refractivity contribution in [3.63, 3.8) is 0 Å². The third-order valence-electron chi connectivity index (χ3n) is 4.94. The summed E-state index contributed by atoms with van der Waals surface area (Å²) in [4.78, 5) is 18.7. The molecule has 2 aromatic rings. The van der Waals surface area contributed by atoms with Crippen LogP contribution < -0.4 is 5.32 Å². The number of hydrogen-bond donors (Lipinski definition) is 1. The van der Waals surface area contributed by atoms with Crippen LogP contribution in [0.15, 0.2) is 43.0 Å². The first-order chi connectivity index (χ1) is 13.3. The lowest BCUT2D eigenvalue weighted by molar-refractivity contribution is 0.000695. The molecule has 1 aliphatic heterocycles. The van der Waals surface area contributed by atoms with Crippen LogP contribution in [0.25, 0.3) is 0 Å². The molecule has 2 amide bonds. The van der Waals surface area contributed by atoms with Crippen LogP contribution in [-0.4, -0.2) is 46.3 Å². The second-order valence-electron chi connectivity index (χ2n) is 7.10. The summed E-state index contributed by atoms with van der Waals surface area (Å²) in [5, 5.41) is 3.10. The Bertz CT molecular complexity index is 696. The summed E-state index contributed by atoms with van der Waals surface area (Å²) in [6.07, 6.45) is 10.0. The molecule has 27 heavy (non-hydrogen) atoms. The van der Waals surface area contributed by atoms with Gasteiger partial charge in [-0.15, -0.1) is 0 Å². The SMILES string of the molecule is CCCN(CC1CCCCO1)C(=O)NCc1ccccc1Cn1ccnc1. The number of amides is 2. The Morgan fingerprint density at radius 3 is 2.89 bits per heavy atom. The Labute approximate surface area is 161 Å². The quantitative estimate of drug-likeness (QED) is 0.774. The largest absolute Gasteiger partial charge is 0.376 e. The monoisotopic (exact) mass is 370 g/mol. The minimum atomic E-state index is -0.0107. The van der Waals surface area contributed by atoms with Crippen LogP contribution >= 0.6 is 0 Å². The summed E-state index contributed by atoms with van der Waals surface area (Å²) < 4.78 is 7.85. The van der Waals surface area contributed by atoms with E-state index in [1.807, 2.05) is 34.1 Å². The average molecular weight is 370 g/mol. The Balaban J connectivity index is 1.58. The number of rotatable bonds is 8. The van der Waals surface area contributed by atoms with Crippen LogP contribution in [0, 0.1) is 0 Å². The highest BCUT2D eigenvalue weighted by atomic mass is 16.5. The Morgan fingerprint density at radius 2 is 2.19 bits per heavy atom. The van der Waals surface area contributed by atoms with Gasteiger partial charge in [0.15, 0.2) is 0 Å². The molecule has 0 aliphatic carbocycles. The number of aromatic nitrogens is 2. The predicted molar refractivity (Wildman–Crippen MR) is 105 cm³/mol. The van der Waals surface area contributed by atoms with Gasteiger partial charge in [-0.3, -0.25) is 0 Å². The maximum absolute atomic E-state index is 12.8. The lowest BCUT2D eigenvalue weighted by atomic mass is 10.1. The van der Waals surface area contributed by atoms with E-state index in [0.29, 0.717) is 13.1 Å². The van der Waals surface area contributed by atoms with Crippen LogP contribution in [-0.2, 0) is 17.8 Å². The van der Waals surface area contributed by atoms with Gasteiger partial charge in [0.25, 0.3) is 0 Å². The molecule has 0 bridgehead atoms. The van der Waals surface area contributed by atoms with Crippen LogP contribution in [0.1, 0.15) is 43.7 Å². The topological polar surface area (TPSA) is 59.4 Å². The van der Waals surface area contributed by atoms with E-state index in [9.17, 15) is 4.79 Å². The lowest BCUT2D eigenvalue weighted by Crippen LogP contribution is -2.45. The summed E-state index contributed by atoms with van der Waals surface area (Å²) in [5.41, 5.74) is 2.32. The molecule has 1 unspecified atom stereocenters. The van der Waals surface area contributed by atoms with Gasteiger partial charge >= 0.3 is 6.03 Å². The van der Waals surface area contributed by atoms with E-state index in [1.54, 1.807) is 6.20 Å². The van der Waals surface area contributed by atoms with Gasteiger partial charge in [-0.25, -0.2) is 9.78 Å². The highest BCUT2D eigenvalue weighted by molar-refractivity contribution is 5.74. The summed E-state index contributed by atoms with van der Waals surface area (Å²) >= 11 is 0. The van der Waals surface area contributed by atoms with Crippen molar-refractivity contribution in [1.29, 1.82) is 0 Å². The Hall–Kier alpha value is -2.34. The molecule has 2 heterocycles. The standard InChI is InChI=1S/C21H30N4O2/c1-2-11-25(16-20-9-5-6-13-27-20)21(26)23-14-18-7-3-4-8-19(18)15-24-12-10-22-17-24/h3-4,7-8,10,12,17,20H,2,5-6,9,11,13-16H2,1H3,(H,23,26). The molecule has 1 N–H and O–H groups in total. The number of urea groups is 1. The number of imidazole rings is 1. The third kappa shape index (κ3) is 5.82. The second kappa shape index (κ2) is 10.1. The summed E-state index contributed by atoms with van der Waals surface area (Å²) in [7, 11) is 0. The highest BCUT2D eigenvalue weighted by Gasteiger charge is 2.21. The van der Waals surface area contributed by atoms with E-state index in [1.165, 1.54) is 12.0 Å². The fourth-order valence-electron chi connectivity index (χ4n) is 3.49. The maximum Gasteiger partial charge on any atom is 0.317 e. The van der Waals surface area contributed by atoms with Crippen LogP contribution in [0.2, 0.25) is 0 Å². The fourth-order valence-corrected chi connectivity index (χ4v) is 3.49. The lowest BCUT2D eigenvalue weighted by Gasteiger charge is -2.30. The van der Waals surface area contributed by atoms with Gasteiger partial charge in [-0.05, 0) is 36.8 Å². The van der Waals surface area contributed by atoms with Crippen molar-refractivity contribution in [2.24, 2.45) is 0 Å².